The summed E-state index contributed by atoms with van der Waals surface area (Å²) < 4.78 is 8.43. The van der Waals surface area contributed by atoms with Crippen LogP contribution in [-0.2, 0) is 25.3 Å². The topological polar surface area (TPSA) is 68.5 Å². The number of hydrogen-bond donors (Lipinski definition) is 1. The minimum atomic E-state index is -0.0871. The molecule has 4 rings (SSSR count). The number of imidazole rings is 1. The molecule has 1 N–H and O–H groups in total. The lowest BCUT2D eigenvalue weighted by molar-refractivity contribution is -0.115. The zero-order chi connectivity index (χ0) is 20.5. The average molecular weight is 394 g/mol. The number of ether oxygens (including phenoxy) is 1. The molecule has 0 bridgehead atoms. The Morgan fingerprint density at radius 3 is 2.28 bits per heavy atom. The van der Waals surface area contributed by atoms with Crippen molar-refractivity contribution in [3.05, 3.63) is 52.4 Å². The maximum Gasteiger partial charge on any atom is 0.328 e. The van der Waals surface area contributed by atoms with Gasteiger partial charge in [-0.05, 0) is 42.7 Å². The van der Waals surface area contributed by atoms with E-state index in [9.17, 15) is 9.59 Å². The number of nitrogens with zero attached hydrogens (tertiary/aromatic N) is 3. The standard InChI is InChI=1S/C22H26N4O3/c1-24-19-13-17(23-21(27)12-15-6-8-16(29-3)9-7-15)18(26-10-4-5-11-26)14-20(19)25(2)22(24)28/h6-9,13-14H,4-5,10-12H2,1-3H3,(H,23,27). The molecule has 2 aromatic carbocycles. The molecule has 0 saturated carbocycles. The molecule has 1 aliphatic heterocycles. The van der Waals surface area contributed by atoms with Crippen molar-refractivity contribution in [2.75, 3.05) is 30.4 Å². The molecule has 1 amide bonds. The van der Waals surface area contributed by atoms with Crippen LogP contribution < -0.4 is 20.6 Å². The van der Waals surface area contributed by atoms with Crippen molar-refractivity contribution in [1.82, 2.24) is 9.13 Å². The maximum absolute atomic E-state index is 12.8. The van der Waals surface area contributed by atoms with Gasteiger partial charge in [-0.2, -0.15) is 0 Å². The summed E-state index contributed by atoms with van der Waals surface area (Å²) in [4.78, 5) is 27.4. The summed E-state index contributed by atoms with van der Waals surface area (Å²) in [5.41, 5.74) is 4.24. The van der Waals surface area contributed by atoms with Gasteiger partial charge in [-0.3, -0.25) is 13.9 Å². The van der Waals surface area contributed by atoms with Crippen molar-refractivity contribution >= 4 is 28.3 Å². The fourth-order valence-electron chi connectivity index (χ4n) is 3.98. The number of hydrogen-bond acceptors (Lipinski definition) is 4. The number of aryl methyl sites for hydroxylation is 2. The van der Waals surface area contributed by atoms with Crippen molar-refractivity contribution in [2.24, 2.45) is 14.1 Å². The van der Waals surface area contributed by atoms with E-state index in [1.807, 2.05) is 36.4 Å². The van der Waals surface area contributed by atoms with Gasteiger partial charge in [0.1, 0.15) is 5.75 Å². The monoisotopic (exact) mass is 394 g/mol. The van der Waals surface area contributed by atoms with E-state index in [2.05, 4.69) is 10.2 Å². The normalized spacial score (nSPS) is 13.8. The number of methoxy groups -OCH3 is 1. The first kappa shape index (κ1) is 19.1. The first-order valence-electron chi connectivity index (χ1n) is 9.85. The van der Waals surface area contributed by atoms with Crippen LogP contribution >= 0.6 is 0 Å². The van der Waals surface area contributed by atoms with Gasteiger partial charge in [0.25, 0.3) is 0 Å². The maximum atomic E-state index is 12.8. The summed E-state index contributed by atoms with van der Waals surface area (Å²) in [6.45, 7) is 1.90. The average Bonchev–Trinajstić information content (AvgIpc) is 3.32. The third-order valence-corrected chi connectivity index (χ3v) is 5.63. The number of amides is 1. The molecule has 1 aliphatic rings. The Morgan fingerprint density at radius 2 is 1.66 bits per heavy atom. The SMILES string of the molecule is COc1ccc(CC(=O)Nc2cc3c(cc2N2CCCC2)n(C)c(=O)n3C)cc1. The van der Waals surface area contributed by atoms with Gasteiger partial charge < -0.3 is 15.0 Å². The second-order valence-corrected chi connectivity index (χ2v) is 7.53. The van der Waals surface area contributed by atoms with E-state index < -0.39 is 0 Å². The van der Waals surface area contributed by atoms with E-state index in [1.165, 1.54) is 0 Å². The second kappa shape index (κ2) is 7.66. The summed E-state index contributed by atoms with van der Waals surface area (Å²) in [5, 5.41) is 3.08. The molecule has 0 radical (unpaired) electrons. The minimum Gasteiger partial charge on any atom is -0.497 e. The molecule has 0 atom stereocenters. The van der Waals surface area contributed by atoms with Crippen LogP contribution in [0.5, 0.6) is 5.75 Å². The Balaban J connectivity index is 1.67. The van der Waals surface area contributed by atoms with E-state index in [0.717, 1.165) is 59.7 Å². The highest BCUT2D eigenvalue weighted by atomic mass is 16.5. The number of anilines is 2. The molecule has 29 heavy (non-hydrogen) atoms. The highest BCUT2D eigenvalue weighted by molar-refractivity contribution is 5.99. The zero-order valence-corrected chi connectivity index (χ0v) is 17.1. The quantitative estimate of drug-likeness (QED) is 0.722. The third-order valence-electron chi connectivity index (χ3n) is 5.63. The van der Waals surface area contributed by atoms with E-state index in [0.29, 0.717) is 0 Å². The molecule has 2 heterocycles. The number of fused-ring (bicyclic) bond motifs is 1. The van der Waals surface area contributed by atoms with Crippen molar-refractivity contribution in [3.63, 3.8) is 0 Å². The molecular weight excluding hydrogens is 368 g/mol. The van der Waals surface area contributed by atoms with Crippen molar-refractivity contribution in [3.8, 4) is 5.75 Å². The molecule has 1 saturated heterocycles. The number of aromatic nitrogens is 2. The molecule has 7 heteroatoms. The Morgan fingerprint density at radius 1 is 1.03 bits per heavy atom. The molecule has 3 aromatic rings. The van der Waals surface area contributed by atoms with Crippen LogP contribution in [0.4, 0.5) is 11.4 Å². The lowest BCUT2D eigenvalue weighted by atomic mass is 10.1. The zero-order valence-electron chi connectivity index (χ0n) is 17.1. The van der Waals surface area contributed by atoms with E-state index >= 15 is 0 Å². The molecule has 0 aliphatic carbocycles. The number of carbonyl (C=O) groups is 1. The molecule has 7 nitrogen and oxygen atoms in total. The van der Waals surface area contributed by atoms with E-state index in [-0.39, 0.29) is 18.0 Å². The van der Waals surface area contributed by atoms with Gasteiger partial charge in [0, 0.05) is 27.2 Å². The second-order valence-electron chi connectivity index (χ2n) is 7.53. The first-order chi connectivity index (χ1) is 14.0. The van der Waals surface area contributed by atoms with Crippen LogP contribution in [0.25, 0.3) is 11.0 Å². The van der Waals surface area contributed by atoms with Gasteiger partial charge in [-0.1, -0.05) is 12.1 Å². The van der Waals surface area contributed by atoms with Crippen molar-refractivity contribution in [2.45, 2.75) is 19.3 Å². The summed E-state index contributed by atoms with van der Waals surface area (Å²) in [6, 6.07) is 11.4. The number of nitrogens with one attached hydrogen (secondary N) is 1. The van der Waals surface area contributed by atoms with Crippen LogP contribution in [0.2, 0.25) is 0 Å². The first-order valence-corrected chi connectivity index (χ1v) is 9.85. The van der Waals surface area contributed by atoms with Gasteiger partial charge in [0.2, 0.25) is 5.91 Å². The van der Waals surface area contributed by atoms with Crippen molar-refractivity contribution in [1.29, 1.82) is 0 Å². The van der Waals surface area contributed by atoms with Crippen LogP contribution in [0.15, 0.2) is 41.2 Å². The Kier molecular flexibility index (Phi) is 5.05. The summed E-state index contributed by atoms with van der Waals surface area (Å²) in [5.74, 6) is 0.678. The predicted molar refractivity (Wildman–Crippen MR) is 115 cm³/mol. The van der Waals surface area contributed by atoms with Crippen LogP contribution in [0.3, 0.4) is 0 Å². The summed E-state index contributed by atoms with van der Waals surface area (Å²) in [7, 11) is 5.15. The highest BCUT2D eigenvalue weighted by Crippen LogP contribution is 2.33. The number of carbonyl (C=O) groups excluding carboxylic acids is 1. The van der Waals surface area contributed by atoms with Gasteiger partial charge >= 0.3 is 5.69 Å². The third kappa shape index (κ3) is 3.60. The summed E-state index contributed by atoms with van der Waals surface area (Å²) >= 11 is 0. The fraction of sp³-hybridized carbons (Fsp3) is 0.364. The van der Waals surface area contributed by atoms with Crippen LogP contribution in [0.1, 0.15) is 18.4 Å². The predicted octanol–water partition coefficient (Wildman–Crippen LogP) is 2.67. The largest absolute Gasteiger partial charge is 0.497 e. The number of rotatable bonds is 5. The number of benzene rings is 2. The summed E-state index contributed by atoms with van der Waals surface area (Å²) in [6.07, 6.45) is 2.53. The highest BCUT2D eigenvalue weighted by Gasteiger charge is 2.20. The van der Waals surface area contributed by atoms with Gasteiger partial charge in [0.15, 0.2) is 0 Å². The molecule has 152 valence electrons. The lowest BCUT2D eigenvalue weighted by Crippen LogP contribution is -2.22. The van der Waals surface area contributed by atoms with Gasteiger partial charge in [-0.15, -0.1) is 0 Å². The van der Waals surface area contributed by atoms with Gasteiger partial charge in [0.05, 0.1) is 35.9 Å². The van der Waals surface area contributed by atoms with Crippen LogP contribution in [-0.4, -0.2) is 35.2 Å². The van der Waals surface area contributed by atoms with Crippen molar-refractivity contribution < 1.29 is 9.53 Å². The Hall–Kier alpha value is -3.22. The van der Waals surface area contributed by atoms with Crippen LogP contribution in [0, 0.1) is 0 Å². The lowest BCUT2D eigenvalue weighted by Gasteiger charge is -2.22. The molecule has 0 spiro atoms. The Bertz CT molecular complexity index is 1110. The van der Waals surface area contributed by atoms with E-state index in [1.54, 1.807) is 30.3 Å². The Labute approximate surface area is 169 Å². The minimum absolute atomic E-state index is 0.0749. The molecule has 1 fully saturated rings. The fourth-order valence-corrected chi connectivity index (χ4v) is 3.98. The van der Waals surface area contributed by atoms with Gasteiger partial charge in [-0.25, -0.2) is 4.79 Å². The molecule has 1 aromatic heterocycles. The molecular formula is C22H26N4O3. The van der Waals surface area contributed by atoms with E-state index in [4.69, 9.17) is 4.74 Å². The molecule has 0 unspecified atom stereocenters. The smallest absolute Gasteiger partial charge is 0.328 e.